The van der Waals surface area contributed by atoms with Gasteiger partial charge >= 0.3 is 0 Å². The van der Waals surface area contributed by atoms with Gasteiger partial charge in [-0.3, -0.25) is 0 Å². The lowest BCUT2D eigenvalue weighted by atomic mass is 10.0. The quantitative estimate of drug-likeness (QED) is 0.180. The van der Waals surface area contributed by atoms with Crippen molar-refractivity contribution in [3.63, 3.8) is 0 Å². The van der Waals surface area contributed by atoms with E-state index in [2.05, 4.69) is 167 Å². The molecule has 0 saturated heterocycles. The van der Waals surface area contributed by atoms with Gasteiger partial charge in [-0.1, -0.05) is 109 Å². The van der Waals surface area contributed by atoms with Gasteiger partial charge < -0.3 is 13.9 Å². The van der Waals surface area contributed by atoms with Crippen LogP contribution in [0.1, 0.15) is 0 Å². The van der Waals surface area contributed by atoms with Gasteiger partial charge in [0.2, 0.25) is 0 Å². The number of hydrogen-bond acceptors (Lipinski definition) is 3. The lowest BCUT2D eigenvalue weighted by molar-refractivity contribution is 0.486. The van der Waals surface area contributed by atoms with Crippen LogP contribution in [0.4, 0.5) is 0 Å². The Morgan fingerprint density at radius 2 is 1.07 bits per heavy atom. The Morgan fingerprint density at radius 3 is 1.98 bits per heavy atom. The first kappa shape index (κ1) is 32.1. The second-order valence-electron chi connectivity index (χ2n) is 15.4. The molecule has 0 saturated carbocycles. The fourth-order valence-corrected chi connectivity index (χ4v) is 9.42. The maximum absolute atomic E-state index is 6.24. The van der Waals surface area contributed by atoms with Crippen LogP contribution in [0.25, 0.3) is 110 Å². The van der Waals surface area contributed by atoms with Crippen LogP contribution < -0.4 is 4.74 Å². The van der Waals surface area contributed by atoms with Gasteiger partial charge in [0, 0.05) is 49.4 Å². The average molecular weight is 753 g/mol. The average Bonchev–Trinajstić information content (AvgIpc) is 3.82. The van der Waals surface area contributed by atoms with Crippen LogP contribution in [0.5, 0.6) is 11.5 Å². The fourth-order valence-electron chi connectivity index (χ4n) is 9.42. The second kappa shape index (κ2) is 12.2. The van der Waals surface area contributed by atoms with Gasteiger partial charge in [-0.2, -0.15) is 0 Å². The number of fused-ring (bicyclic) bond motifs is 10. The fraction of sp³-hybridized carbons (Fsp3) is 0. The van der Waals surface area contributed by atoms with E-state index in [0.29, 0.717) is 5.82 Å². The number of nitrogens with zero attached hydrogens (tertiary/aromatic N) is 4. The van der Waals surface area contributed by atoms with Crippen LogP contribution in [-0.2, 0) is 0 Å². The molecule has 9 aromatic carbocycles. The summed E-state index contributed by atoms with van der Waals surface area (Å²) in [6, 6.07) is 69.2. The van der Waals surface area contributed by atoms with Gasteiger partial charge in [0.1, 0.15) is 11.5 Å². The summed E-state index contributed by atoms with van der Waals surface area (Å²) in [5, 5.41) is 8.36. The van der Waals surface area contributed by atoms with Gasteiger partial charge in [-0.25, -0.2) is 9.97 Å². The summed E-state index contributed by atoms with van der Waals surface area (Å²) in [5.74, 6) is 2.29. The maximum atomic E-state index is 6.24. The lowest BCUT2D eigenvalue weighted by Crippen LogP contribution is -2.02. The Balaban J connectivity index is 0.959. The molecule has 0 amide bonds. The van der Waals surface area contributed by atoms with Crippen molar-refractivity contribution in [3.8, 4) is 56.6 Å². The molecule has 274 valence electrons. The molecule has 0 bridgehead atoms. The standard InChI is InChI=1S/C54H32N4O/c1-2-12-37(13-3-1)58-47-30-25-35(31-44(47)42-29-23-33-11-4-5-14-39(33)53(42)58)36-24-28-41-40-15-6-8-18-46(40)57(48(41)32-36)38-26-21-34(22-27-38)54-55-45-17-10-20-50-51(45)52(56-54)43-16-7-9-19-49(43)59-50/h1-32H. The van der Waals surface area contributed by atoms with Crippen LogP contribution in [0.2, 0.25) is 0 Å². The molecule has 4 heterocycles. The third-order valence-corrected chi connectivity index (χ3v) is 12.1. The topological polar surface area (TPSA) is 44.9 Å². The molecular weight excluding hydrogens is 721 g/mol. The molecule has 59 heavy (non-hydrogen) atoms. The van der Waals surface area contributed by atoms with E-state index in [1.165, 1.54) is 54.5 Å². The predicted molar refractivity (Wildman–Crippen MR) is 242 cm³/mol. The molecule has 12 aromatic rings. The van der Waals surface area contributed by atoms with Crippen LogP contribution in [0.15, 0.2) is 194 Å². The van der Waals surface area contributed by atoms with Crippen LogP contribution in [-0.4, -0.2) is 19.1 Å². The summed E-state index contributed by atoms with van der Waals surface area (Å²) in [6.07, 6.45) is 0. The van der Waals surface area contributed by atoms with E-state index in [0.717, 1.165) is 61.6 Å². The highest BCUT2D eigenvalue weighted by Gasteiger charge is 2.23. The highest BCUT2D eigenvalue weighted by Crippen LogP contribution is 2.46. The molecule has 0 unspecified atom stereocenters. The van der Waals surface area contributed by atoms with E-state index in [1.54, 1.807) is 0 Å². The van der Waals surface area contributed by atoms with E-state index in [4.69, 9.17) is 14.7 Å². The molecular formula is C54H32N4O. The molecule has 1 aliphatic heterocycles. The van der Waals surface area contributed by atoms with Crippen molar-refractivity contribution in [1.29, 1.82) is 0 Å². The highest BCUT2D eigenvalue weighted by molar-refractivity contribution is 6.19. The van der Waals surface area contributed by atoms with Crippen molar-refractivity contribution in [1.82, 2.24) is 19.1 Å². The Kier molecular flexibility index (Phi) is 6.66. The van der Waals surface area contributed by atoms with Gasteiger partial charge in [-0.15, -0.1) is 0 Å². The first-order chi connectivity index (χ1) is 29.2. The number of ether oxygens (including phenoxy) is 1. The number of aromatic nitrogens is 4. The SMILES string of the molecule is c1ccc(-n2c3ccc(-c4ccc5c6ccccc6n(-c6ccc(-c7nc8c9c(cccc9n7)Oc7ccccc7-8)cc6)c5c4)cc3c3ccc4ccccc4c32)cc1. The smallest absolute Gasteiger partial charge is 0.160 e. The first-order valence-corrected chi connectivity index (χ1v) is 20.0. The molecule has 0 atom stereocenters. The molecule has 5 heteroatoms. The normalized spacial score (nSPS) is 12.2. The lowest BCUT2D eigenvalue weighted by Gasteiger charge is -2.20. The summed E-state index contributed by atoms with van der Waals surface area (Å²) < 4.78 is 11.0. The van der Waals surface area contributed by atoms with Crippen LogP contribution in [0, 0.1) is 0 Å². The van der Waals surface area contributed by atoms with Crippen molar-refractivity contribution in [3.05, 3.63) is 194 Å². The molecule has 0 spiro atoms. The van der Waals surface area contributed by atoms with Gasteiger partial charge in [0.25, 0.3) is 0 Å². The zero-order valence-corrected chi connectivity index (χ0v) is 31.7. The Morgan fingerprint density at radius 1 is 0.390 bits per heavy atom. The highest BCUT2D eigenvalue weighted by atomic mass is 16.5. The Labute approximate surface area is 338 Å². The number of rotatable bonds is 4. The van der Waals surface area contributed by atoms with E-state index < -0.39 is 0 Å². The largest absolute Gasteiger partial charge is 0.456 e. The Bertz CT molecular complexity index is 3690. The van der Waals surface area contributed by atoms with Crippen molar-refractivity contribution in [2.75, 3.05) is 0 Å². The monoisotopic (exact) mass is 752 g/mol. The summed E-state index contributed by atoms with van der Waals surface area (Å²) >= 11 is 0. The molecule has 3 aromatic heterocycles. The van der Waals surface area contributed by atoms with Crippen LogP contribution in [0.3, 0.4) is 0 Å². The van der Waals surface area contributed by atoms with Gasteiger partial charge in [0.15, 0.2) is 5.82 Å². The summed E-state index contributed by atoms with van der Waals surface area (Å²) in [5.41, 5.74) is 13.0. The zero-order chi connectivity index (χ0) is 38.6. The second-order valence-corrected chi connectivity index (χ2v) is 15.4. The summed E-state index contributed by atoms with van der Waals surface area (Å²) in [7, 11) is 0. The zero-order valence-electron chi connectivity index (χ0n) is 31.7. The molecule has 0 fully saturated rings. The Hall–Kier alpha value is -8.02. The molecule has 5 nitrogen and oxygen atoms in total. The summed E-state index contributed by atoms with van der Waals surface area (Å²) in [6.45, 7) is 0. The molecule has 13 rings (SSSR count). The summed E-state index contributed by atoms with van der Waals surface area (Å²) in [4.78, 5) is 10.2. The van der Waals surface area contributed by atoms with Crippen molar-refractivity contribution >= 4 is 65.3 Å². The van der Waals surface area contributed by atoms with Crippen LogP contribution >= 0.6 is 0 Å². The number of hydrogen-bond donors (Lipinski definition) is 0. The van der Waals surface area contributed by atoms with Gasteiger partial charge in [-0.05, 0) is 101 Å². The first-order valence-electron chi connectivity index (χ1n) is 20.0. The minimum atomic E-state index is 0.689. The van der Waals surface area contributed by atoms with E-state index in [1.807, 2.05) is 36.4 Å². The third-order valence-electron chi connectivity index (χ3n) is 12.1. The number of para-hydroxylation sites is 3. The maximum Gasteiger partial charge on any atom is 0.160 e. The minimum Gasteiger partial charge on any atom is -0.456 e. The third kappa shape index (κ3) is 4.73. The van der Waals surface area contributed by atoms with Crippen molar-refractivity contribution < 1.29 is 4.74 Å². The van der Waals surface area contributed by atoms with Crippen molar-refractivity contribution in [2.45, 2.75) is 0 Å². The van der Waals surface area contributed by atoms with E-state index >= 15 is 0 Å². The molecule has 0 aliphatic carbocycles. The minimum absolute atomic E-state index is 0.689. The molecule has 0 N–H and O–H groups in total. The van der Waals surface area contributed by atoms with Gasteiger partial charge in [0.05, 0.1) is 38.7 Å². The molecule has 0 radical (unpaired) electrons. The van der Waals surface area contributed by atoms with Crippen molar-refractivity contribution in [2.24, 2.45) is 0 Å². The molecule has 1 aliphatic rings. The predicted octanol–water partition coefficient (Wildman–Crippen LogP) is 14.1. The number of benzene rings is 9. The van der Waals surface area contributed by atoms with E-state index in [-0.39, 0.29) is 0 Å². The van der Waals surface area contributed by atoms with E-state index in [9.17, 15) is 0 Å².